The smallest absolute Gasteiger partial charge is 0.255 e. The van der Waals surface area contributed by atoms with Crippen LogP contribution >= 0.6 is 0 Å². The van der Waals surface area contributed by atoms with Crippen molar-refractivity contribution in [3.05, 3.63) is 23.7 Å². The number of nitrogens with one attached hydrogen (secondary N) is 1. The van der Waals surface area contributed by atoms with Crippen molar-refractivity contribution in [3.63, 3.8) is 0 Å². The zero-order valence-corrected chi connectivity index (χ0v) is 8.54. The number of carbonyl (C=O) groups is 1. The minimum atomic E-state index is -0.117. The Balaban J connectivity index is 2.69. The van der Waals surface area contributed by atoms with Crippen LogP contribution in [0.25, 0.3) is 0 Å². The molecule has 14 heavy (non-hydrogen) atoms. The van der Waals surface area contributed by atoms with Gasteiger partial charge in [0, 0.05) is 19.0 Å². The quantitative estimate of drug-likeness (QED) is 0.752. The topological polar surface area (TPSA) is 68.3 Å². The summed E-state index contributed by atoms with van der Waals surface area (Å²) >= 11 is 0. The van der Waals surface area contributed by atoms with Crippen molar-refractivity contribution in [2.24, 2.45) is 5.73 Å². The molecular weight excluding hydrogens is 180 g/mol. The summed E-state index contributed by atoms with van der Waals surface area (Å²) in [5, 5.41) is 2.78. The fraction of sp³-hybridized carbons (Fsp3) is 0.500. The summed E-state index contributed by atoms with van der Waals surface area (Å²) < 4.78 is 5.16. The Kier molecular flexibility index (Phi) is 3.71. The lowest BCUT2D eigenvalue weighted by Crippen LogP contribution is -2.37. The highest BCUT2D eigenvalue weighted by molar-refractivity contribution is 5.95. The molecule has 1 atom stereocenters. The van der Waals surface area contributed by atoms with Crippen molar-refractivity contribution < 1.29 is 9.21 Å². The van der Waals surface area contributed by atoms with Crippen LogP contribution in [0.1, 0.15) is 30.0 Å². The molecular formula is C10H16N2O2. The molecule has 0 unspecified atom stereocenters. The van der Waals surface area contributed by atoms with Gasteiger partial charge in [0.25, 0.3) is 5.91 Å². The van der Waals surface area contributed by atoms with E-state index >= 15 is 0 Å². The van der Waals surface area contributed by atoms with Gasteiger partial charge in [-0.15, -0.1) is 0 Å². The Hall–Kier alpha value is -1.29. The molecule has 1 rings (SSSR count). The molecule has 0 aliphatic heterocycles. The van der Waals surface area contributed by atoms with Crippen molar-refractivity contribution in [1.29, 1.82) is 0 Å². The Morgan fingerprint density at radius 1 is 1.71 bits per heavy atom. The van der Waals surface area contributed by atoms with Gasteiger partial charge in [0.15, 0.2) is 0 Å². The van der Waals surface area contributed by atoms with E-state index in [1.165, 1.54) is 6.26 Å². The normalized spacial score (nSPS) is 12.5. The largest absolute Gasteiger partial charge is 0.469 e. The van der Waals surface area contributed by atoms with Gasteiger partial charge in [-0.2, -0.15) is 0 Å². The monoisotopic (exact) mass is 196 g/mol. The number of hydrogen-bond donors (Lipinski definition) is 2. The van der Waals surface area contributed by atoms with E-state index in [2.05, 4.69) is 5.32 Å². The zero-order valence-electron chi connectivity index (χ0n) is 8.54. The molecule has 0 fully saturated rings. The first-order chi connectivity index (χ1) is 6.69. The number of carbonyl (C=O) groups excluding carboxylic acids is 1. The summed E-state index contributed by atoms with van der Waals surface area (Å²) in [7, 11) is 0. The Morgan fingerprint density at radius 2 is 2.43 bits per heavy atom. The predicted octanol–water partition coefficient (Wildman–Crippen LogP) is 0.919. The first-order valence-electron chi connectivity index (χ1n) is 4.76. The van der Waals surface area contributed by atoms with Crippen LogP contribution in [0.15, 0.2) is 16.7 Å². The molecule has 0 radical (unpaired) electrons. The van der Waals surface area contributed by atoms with Crippen molar-refractivity contribution >= 4 is 5.91 Å². The third-order valence-electron chi connectivity index (χ3n) is 2.04. The van der Waals surface area contributed by atoms with Crippen LogP contribution in [-0.4, -0.2) is 18.5 Å². The number of aryl methyl sites for hydroxylation is 1. The summed E-state index contributed by atoms with van der Waals surface area (Å²) in [4.78, 5) is 11.6. The van der Waals surface area contributed by atoms with Gasteiger partial charge in [-0.05, 0) is 13.0 Å². The average Bonchev–Trinajstić information content (AvgIpc) is 2.65. The third kappa shape index (κ3) is 2.35. The van der Waals surface area contributed by atoms with E-state index in [-0.39, 0.29) is 11.9 Å². The second-order valence-corrected chi connectivity index (χ2v) is 3.22. The van der Waals surface area contributed by atoms with Crippen molar-refractivity contribution in [1.82, 2.24) is 5.32 Å². The molecule has 0 aliphatic carbocycles. The molecule has 3 N–H and O–H groups in total. The fourth-order valence-corrected chi connectivity index (χ4v) is 1.18. The number of rotatable bonds is 4. The van der Waals surface area contributed by atoms with Gasteiger partial charge in [0.2, 0.25) is 0 Å². The van der Waals surface area contributed by atoms with Crippen LogP contribution < -0.4 is 11.1 Å². The molecule has 1 heterocycles. The van der Waals surface area contributed by atoms with Gasteiger partial charge in [-0.3, -0.25) is 4.79 Å². The lowest BCUT2D eigenvalue weighted by atomic mass is 10.2. The van der Waals surface area contributed by atoms with Crippen LogP contribution in [0.5, 0.6) is 0 Å². The molecule has 1 aromatic rings. The molecule has 1 amide bonds. The Labute approximate surface area is 83.5 Å². The Morgan fingerprint density at radius 3 is 3.00 bits per heavy atom. The lowest BCUT2D eigenvalue weighted by Gasteiger charge is -2.10. The summed E-state index contributed by atoms with van der Waals surface area (Å²) in [6, 6.07) is 1.67. The maximum Gasteiger partial charge on any atom is 0.255 e. The third-order valence-corrected chi connectivity index (χ3v) is 2.04. The molecule has 0 aliphatic rings. The molecule has 0 saturated carbocycles. The number of amides is 1. The predicted molar refractivity (Wildman–Crippen MR) is 54.1 cm³/mol. The van der Waals surface area contributed by atoms with Crippen molar-refractivity contribution in [3.8, 4) is 0 Å². The second-order valence-electron chi connectivity index (χ2n) is 3.22. The summed E-state index contributed by atoms with van der Waals surface area (Å²) in [6.07, 6.45) is 2.24. The first kappa shape index (κ1) is 10.8. The van der Waals surface area contributed by atoms with Crippen molar-refractivity contribution in [2.45, 2.75) is 26.3 Å². The van der Waals surface area contributed by atoms with Crippen molar-refractivity contribution in [2.75, 3.05) is 6.54 Å². The van der Waals surface area contributed by atoms with Gasteiger partial charge in [0.1, 0.15) is 5.76 Å². The highest BCUT2D eigenvalue weighted by atomic mass is 16.3. The summed E-state index contributed by atoms with van der Waals surface area (Å²) in [5.41, 5.74) is 6.01. The van der Waals surface area contributed by atoms with Gasteiger partial charge in [-0.1, -0.05) is 6.92 Å². The van der Waals surface area contributed by atoms with E-state index in [4.69, 9.17) is 10.2 Å². The molecule has 1 aromatic heterocycles. The number of hydrogen-bond acceptors (Lipinski definition) is 3. The van der Waals surface area contributed by atoms with E-state index < -0.39 is 0 Å². The molecule has 4 heteroatoms. The maximum absolute atomic E-state index is 11.6. The van der Waals surface area contributed by atoms with Gasteiger partial charge < -0.3 is 15.5 Å². The van der Waals surface area contributed by atoms with E-state index in [9.17, 15) is 4.79 Å². The minimum Gasteiger partial charge on any atom is -0.469 e. The average molecular weight is 196 g/mol. The number of furan rings is 1. The highest BCUT2D eigenvalue weighted by Crippen LogP contribution is 2.10. The fourth-order valence-electron chi connectivity index (χ4n) is 1.18. The molecule has 78 valence electrons. The van der Waals surface area contributed by atoms with E-state index in [1.807, 2.05) is 13.8 Å². The van der Waals surface area contributed by atoms with Crippen LogP contribution in [-0.2, 0) is 6.42 Å². The van der Waals surface area contributed by atoms with E-state index in [0.29, 0.717) is 24.3 Å². The molecule has 4 nitrogen and oxygen atoms in total. The molecule has 0 bridgehead atoms. The highest BCUT2D eigenvalue weighted by Gasteiger charge is 2.14. The molecule has 0 saturated heterocycles. The van der Waals surface area contributed by atoms with Gasteiger partial charge >= 0.3 is 0 Å². The van der Waals surface area contributed by atoms with Crippen LogP contribution in [0.4, 0.5) is 0 Å². The van der Waals surface area contributed by atoms with E-state index in [1.54, 1.807) is 6.07 Å². The molecule has 0 aromatic carbocycles. The first-order valence-corrected chi connectivity index (χ1v) is 4.76. The summed E-state index contributed by atoms with van der Waals surface area (Å²) in [5.74, 6) is 0.597. The molecule has 0 spiro atoms. The van der Waals surface area contributed by atoms with Crippen LogP contribution in [0, 0.1) is 0 Å². The lowest BCUT2D eigenvalue weighted by molar-refractivity contribution is 0.0939. The minimum absolute atomic E-state index is 0.0119. The van der Waals surface area contributed by atoms with Crippen LogP contribution in [0.3, 0.4) is 0 Å². The SMILES string of the molecule is CCc1occc1C(=O)N[C@H](C)CN. The standard InChI is InChI=1S/C10H16N2O2/c1-3-9-8(4-5-14-9)10(13)12-7(2)6-11/h4-5,7H,3,6,11H2,1-2H3,(H,12,13)/t7-/m1/s1. The van der Waals surface area contributed by atoms with E-state index in [0.717, 1.165) is 0 Å². The van der Waals surface area contributed by atoms with Crippen LogP contribution in [0.2, 0.25) is 0 Å². The van der Waals surface area contributed by atoms with Gasteiger partial charge in [-0.25, -0.2) is 0 Å². The van der Waals surface area contributed by atoms with Gasteiger partial charge in [0.05, 0.1) is 11.8 Å². The number of nitrogens with two attached hydrogens (primary N) is 1. The second kappa shape index (κ2) is 4.81. The zero-order chi connectivity index (χ0) is 10.6. The summed E-state index contributed by atoms with van der Waals surface area (Å²) in [6.45, 7) is 4.25. The maximum atomic E-state index is 11.6. The Bertz CT molecular complexity index is 307.